The van der Waals surface area contributed by atoms with Crippen LogP contribution in [-0.4, -0.2) is 30.1 Å². The van der Waals surface area contributed by atoms with Crippen LogP contribution in [-0.2, 0) is 16.1 Å². The lowest BCUT2D eigenvalue weighted by Crippen LogP contribution is -2.35. The minimum atomic E-state index is -0.587. The van der Waals surface area contributed by atoms with E-state index in [1.165, 1.54) is 6.26 Å². The molecule has 0 aliphatic carbocycles. The van der Waals surface area contributed by atoms with Crippen molar-refractivity contribution in [2.75, 3.05) is 11.9 Å². The summed E-state index contributed by atoms with van der Waals surface area (Å²) >= 11 is 0. The number of benzene rings is 1. The van der Waals surface area contributed by atoms with Gasteiger partial charge in [-0.3, -0.25) is 9.59 Å². The third-order valence-electron chi connectivity index (χ3n) is 3.51. The van der Waals surface area contributed by atoms with Gasteiger partial charge in [0.2, 0.25) is 5.91 Å². The van der Waals surface area contributed by atoms with E-state index in [2.05, 4.69) is 16.0 Å². The summed E-state index contributed by atoms with van der Waals surface area (Å²) in [6, 6.07) is 10.3. The van der Waals surface area contributed by atoms with Crippen molar-refractivity contribution < 1.29 is 23.5 Å². The first kappa shape index (κ1) is 21.0. The first-order chi connectivity index (χ1) is 13.2. The number of furan rings is 1. The minimum Gasteiger partial charge on any atom is -0.459 e. The fourth-order valence-electron chi connectivity index (χ4n) is 2.26. The van der Waals surface area contributed by atoms with Gasteiger partial charge in [-0.2, -0.15) is 0 Å². The lowest BCUT2D eigenvalue weighted by molar-refractivity contribution is -0.121. The van der Waals surface area contributed by atoms with Gasteiger partial charge in [-0.25, -0.2) is 4.79 Å². The molecule has 0 radical (unpaired) electrons. The molecular formula is C20H25N3O5. The SMILES string of the molecule is CC(C)(C)OC(=O)NCCC(=O)NCc1ccccc1NC(=O)c1ccco1. The predicted octanol–water partition coefficient (Wildman–Crippen LogP) is 3.06. The van der Waals surface area contributed by atoms with E-state index in [1.54, 1.807) is 51.1 Å². The number of amides is 3. The summed E-state index contributed by atoms with van der Waals surface area (Å²) in [5.74, 6) is -0.402. The number of para-hydroxylation sites is 1. The van der Waals surface area contributed by atoms with Crippen LogP contribution in [0, 0.1) is 0 Å². The summed E-state index contributed by atoms with van der Waals surface area (Å²) in [5, 5.41) is 8.05. The summed E-state index contributed by atoms with van der Waals surface area (Å²) < 4.78 is 10.2. The second-order valence-corrected chi connectivity index (χ2v) is 7.04. The van der Waals surface area contributed by atoms with E-state index >= 15 is 0 Å². The van der Waals surface area contributed by atoms with Gasteiger partial charge >= 0.3 is 6.09 Å². The van der Waals surface area contributed by atoms with E-state index in [0.29, 0.717) is 5.69 Å². The molecule has 0 atom stereocenters. The van der Waals surface area contributed by atoms with Crippen LogP contribution in [0.4, 0.5) is 10.5 Å². The molecule has 150 valence electrons. The molecule has 3 N–H and O–H groups in total. The number of anilines is 1. The van der Waals surface area contributed by atoms with Crippen molar-refractivity contribution in [1.29, 1.82) is 0 Å². The number of hydrogen-bond acceptors (Lipinski definition) is 5. The quantitative estimate of drug-likeness (QED) is 0.676. The van der Waals surface area contributed by atoms with E-state index in [1.807, 2.05) is 6.07 Å². The van der Waals surface area contributed by atoms with Crippen LogP contribution >= 0.6 is 0 Å². The third-order valence-corrected chi connectivity index (χ3v) is 3.51. The van der Waals surface area contributed by atoms with E-state index in [0.717, 1.165) is 5.56 Å². The molecule has 28 heavy (non-hydrogen) atoms. The molecule has 8 heteroatoms. The van der Waals surface area contributed by atoms with Gasteiger partial charge in [-0.05, 0) is 44.5 Å². The highest BCUT2D eigenvalue weighted by Crippen LogP contribution is 2.16. The first-order valence-corrected chi connectivity index (χ1v) is 8.91. The topological polar surface area (TPSA) is 110 Å². The predicted molar refractivity (Wildman–Crippen MR) is 104 cm³/mol. The van der Waals surface area contributed by atoms with Gasteiger partial charge in [0.05, 0.1) is 6.26 Å². The van der Waals surface area contributed by atoms with Crippen LogP contribution in [0.25, 0.3) is 0 Å². The van der Waals surface area contributed by atoms with Crippen LogP contribution in [0.15, 0.2) is 47.1 Å². The zero-order valence-electron chi connectivity index (χ0n) is 16.2. The van der Waals surface area contributed by atoms with Crippen LogP contribution in [0.1, 0.15) is 43.3 Å². The highest BCUT2D eigenvalue weighted by molar-refractivity contribution is 6.02. The molecule has 0 fully saturated rings. The summed E-state index contributed by atoms with van der Waals surface area (Å²) in [6.07, 6.45) is 0.971. The molecule has 8 nitrogen and oxygen atoms in total. The van der Waals surface area contributed by atoms with Gasteiger partial charge < -0.3 is 25.1 Å². The van der Waals surface area contributed by atoms with E-state index in [9.17, 15) is 14.4 Å². The molecule has 2 rings (SSSR count). The fourth-order valence-corrected chi connectivity index (χ4v) is 2.26. The maximum Gasteiger partial charge on any atom is 0.407 e. The molecule has 0 bridgehead atoms. The number of alkyl carbamates (subject to hydrolysis) is 1. The molecular weight excluding hydrogens is 362 g/mol. The monoisotopic (exact) mass is 387 g/mol. The number of carbonyl (C=O) groups is 3. The average Bonchev–Trinajstić information content (AvgIpc) is 3.14. The zero-order chi connectivity index (χ0) is 20.6. The lowest BCUT2D eigenvalue weighted by atomic mass is 10.1. The van der Waals surface area contributed by atoms with E-state index in [4.69, 9.17) is 9.15 Å². The molecule has 3 amide bonds. The van der Waals surface area contributed by atoms with Crippen LogP contribution in [0.5, 0.6) is 0 Å². The Morgan fingerprint density at radius 2 is 1.79 bits per heavy atom. The van der Waals surface area contributed by atoms with Gasteiger partial charge in [-0.1, -0.05) is 18.2 Å². The molecule has 1 aromatic heterocycles. The van der Waals surface area contributed by atoms with Crippen LogP contribution in [0.2, 0.25) is 0 Å². The molecule has 1 heterocycles. The highest BCUT2D eigenvalue weighted by atomic mass is 16.6. The van der Waals surface area contributed by atoms with Crippen molar-refractivity contribution in [3.8, 4) is 0 Å². The number of ether oxygens (including phenoxy) is 1. The molecule has 0 aliphatic heterocycles. The van der Waals surface area contributed by atoms with Crippen LogP contribution in [0.3, 0.4) is 0 Å². The van der Waals surface area contributed by atoms with Gasteiger partial charge in [0.1, 0.15) is 5.60 Å². The van der Waals surface area contributed by atoms with Crippen molar-refractivity contribution in [2.24, 2.45) is 0 Å². The molecule has 2 aromatic rings. The van der Waals surface area contributed by atoms with Gasteiger partial charge in [0, 0.05) is 25.2 Å². The Bertz CT molecular complexity index is 809. The molecule has 0 spiro atoms. The van der Waals surface area contributed by atoms with Crippen molar-refractivity contribution in [3.05, 3.63) is 54.0 Å². The van der Waals surface area contributed by atoms with Crippen molar-refractivity contribution in [3.63, 3.8) is 0 Å². The van der Waals surface area contributed by atoms with E-state index < -0.39 is 11.7 Å². The third kappa shape index (κ3) is 7.14. The van der Waals surface area contributed by atoms with Gasteiger partial charge in [0.15, 0.2) is 5.76 Å². The second kappa shape index (κ2) is 9.59. The smallest absolute Gasteiger partial charge is 0.407 e. The first-order valence-electron chi connectivity index (χ1n) is 8.91. The number of carbonyl (C=O) groups excluding carboxylic acids is 3. The Morgan fingerprint density at radius 1 is 1.04 bits per heavy atom. The number of rotatable bonds is 7. The van der Waals surface area contributed by atoms with Crippen LogP contribution < -0.4 is 16.0 Å². The van der Waals surface area contributed by atoms with Crippen molar-refractivity contribution >= 4 is 23.6 Å². The maximum atomic E-state index is 12.1. The Morgan fingerprint density at radius 3 is 2.46 bits per heavy atom. The normalized spacial score (nSPS) is 10.8. The lowest BCUT2D eigenvalue weighted by Gasteiger charge is -2.19. The van der Waals surface area contributed by atoms with Gasteiger partial charge in [0.25, 0.3) is 5.91 Å². The zero-order valence-corrected chi connectivity index (χ0v) is 16.2. The summed E-state index contributed by atoms with van der Waals surface area (Å²) in [6.45, 7) is 5.70. The summed E-state index contributed by atoms with van der Waals surface area (Å²) in [5.41, 5.74) is 0.739. The Kier molecular flexibility index (Phi) is 7.20. The standard InChI is InChI=1S/C20H25N3O5/c1-20(2,3)28-19(26)21-11-10-17(24)22-13-14-7-4-5-8-15(14)23-18(25)16-9-6-12-27-16/h4-9,12H,10-11,13H2,1-3H3,(H,21,26)(H,22,24)(H,23,25). The summed E-state index contributed by atoms with van der Waals surface area (Å²) in [4.78, 5) is 35.7. The highest BCUT2D eigenvalue weighted by Gasteiger charge is 2.16. The van der Waals surface area contributed by atoms with Crippen molar-refractivity contribution in [2.45, 2.75) is 39.3 Å². The minimum absolute atomic E-state index is 0.111. The Labute approximate surface area is 163 Å². The largest absolute Gasteiger partial charge is 0.459 e. The molecule has 1 aromatic carbocycles. The maximum absolute atomic E-state index is 12.1. The Balaban J connectivity index is 1.80. The fraction of sp³-hybridized carbons (Fsp3) is 0.350. The summed E-state index contributed by atoms with van der Waals surface area (Å²) in [7, 11) is 0. The van der Waals surface area contributed by atoms with E-state index in [-0.39, 0.29) is 37.1 Å². The Hall–Kier alpha value is -3.29. The molecule has 0 saturated heterocycles. The van der Waals surface area contributed by atoms with Gasteiger partial charge in [-0.15, -0.1) is 0 Å². The molecule has 0 unspecified atom stereocenters. The second-order valence-electron chi connectivity index (χ2n) is 7.04. The molecule has 0 saturated carbocycles. The number of hydrogen-bond donors (Lipinski definition) is 3. The molecule has 0 aliphatic rings. The number of nitrogens with one attached hydrogen (secondary N) is 3. The van der Waals surface area contributed by atoms with Crippen molar-refractivity contribution in [1.82, 2.24) is 10.6 Å². The average molecular weight is 387 g/mol.